The smallest absolute Gasteiger partial charge is 0.407 e. The van der Waals surface area contributed by atoms with Gasteiger partial charge in [0.05, 0.1) is 5.41 Å². The van der Waals surface area contributed by atoms with E-state index in [0.29, 0.717) is 19.3 Å². The van der Waals surface area contributed by atoms with Crippen molar-refractivity contribution in [1.29, 1.82) is 0 Å². The molecule has 110 valence electrons. The number of amides is 1. The number of carbonyl (C=O) groups is 2. The van der Waals surface area contributed by atoms with Crippen molar-refractivity contribution in [3.8, 4) is 0 Å². The predicted molar refractivity (Wildman–Crippen MR) is 71.9 cm³/mol. The molecule has 2 N–H and O–H groups in total. The number of carbonyl (C=O) groups excluding carboxylic acids is 1. The third kappa shape index (κ3) is 3.85. The molecule has 1 aliphatic carbocycles. The van der Waals surface area contributed by atoms with E-state index in [1.165, 1.54) is 0 Å². The van der Waals surface area contributed by atoms with Crippen LogP contribution in [0.5, 0.6) is 0 Å². The van der Waals surface area contributed by atoms with Gasteiger partial charge in [0.25, 0.3) is 0 Å². The maximum Gasteiger partial charge on any atom is 0.407 e. The molecule has 0 bridgehead atoms. The summed E-state index contributed by atoms with van der Waals surface area (Å²) in [6.07, 6.45) is 1.28. The molecule has 1 rings (SSSR count). The molecule has 0 aromatic carbocycles. The van der Waals surface area contributed by atoms with Crippen molar-refractivity contribution < 1.29 is 19.4 Å². The van der Waals surface area contributed by atoms with Crippen LogP contribution in [0.2, 0.25) is 0 Å². The Morgan fingerprint density at radius 2 is 1.95 bits per heavy atom. The predicted octanol–water partition coefficient (Wildman–Crippen LogP) is 2.79. The molecule has 0 aliphatic heterocycles. The number of hydrogen-bond donors (Lipinski definition) is 2. The van der Waals surface area contributed by atoms with Crippen LogP contribution in [0.15, 0.2) is 0 Å². The van der Waals surface area contributed by atoms with E-state index in [0.717, 1.165) is 0 Å². The van der Waals surface area contributed by atoms with Gasteiger partial charge in [0.2, 0.25) is 0 Å². The fourth-order valence-corrected chi connectivity index (χ4v) is 2.64. The third-order valence-corrected chi connectivity index (χ3v) is 3.80. The van der Waals surface area contributed by atoms with Crippen molar-refractivity contribution in [3.05, 3.63) is 0 Å². The van der Waals surface area contributed by atoms with Gasteiger partial charge in [0, 0.05) is 6.04 Å². The van der Waals surface area contributed by atoms with Gasteiger partial charge in [-0.05, 0) is 46.0 Å². The van der Waals surface area contributed by atoms with Crippen LogP contribution in [0, 0.1) is 11.3 Å². The number of carboxylic acids is 1. The minimum absolute atomic E-state index is 0.0513. The number of nitrogens with one attached hydrogen (secondary N) is 1. The summed E-state index contributed by atoms with van der Waals surface area (Å²) in [7, 11) is 0. The Hall–Kier alpha value is -1.26. The molecule has 19 heavy (non-hydrogen) atoms. The quantitative estimate of drug-likeness (QED) is 0.827. The molecule has 0 heterocycles. The van der Waals surface area contributed by atoms with Gasteiger partial charge in [0.1, 0.15) is 5.60 Å². The molecule has 1 fully saturated rings. The molecule has 0 spiro atoms. The lowest BCUT2D eigenvalue weighted by Crippen LogP contribution is -2.40. The van der Waals surface area contributed by atoms with Crippen LogP contribution in [0.3, 0.4) is 0 Å². The first kappa shape index (κ1) is 15.8. The lowest BCUT2D eigenvalue weighted by Gasteiger charge is -2.29. The molecular weight excluding hydrogens is 246 g/mol. The molecule has 5 nitrogen and oxygen atoms in total. The van der Waals surface area contributed by atoms with E-state index in [1.807, 2.05) is 13.8 Å². The minimum atomic E-state index is -0.768. The monoisotopic (exact) mass is 271 g/mol. The molecule has 5 heteroatoms. The molecule has 0 aromatic rings. The Kier molecular flexibility index (Phi) is 4.48. The molecular formula is C14H25NO4. The Labute approximate surface area is 114 Å². The number of aliphatic carboxylic acids is 1. The van der Waals surface area contributed by atoms with Gasteiger partial charge in [-0.25, -0.2) is 4.79 Å². The zero-order valence-electron chi connectivity index (χ0n) is 12.4. The Morgan fingerprint density at radius 3 is 2.32 bits per heavy atom. The summed E-state index contributed by atoms with van der Waals surface area (Å²) in [4.78, 5) is 23.2. The van der Waals surface area contributed by atoms with Crippen LogP contribution in [0.25, 0.3) is 0 Å². The van der Waals surface area contributed by atoms with Crippen LogP contribution >= 0.6 is 0 Å². The Balaban J connectivity index is 2.61. The lowest BCUT2D eigenvalue weighted by atomic mass is 9.75. The first-order valence-electron chi connectivity index (χ1n) is 6.80. The average Bonchev–Trinajstić information content (AvgIpc) is 2.59. The highest BCUT2D eigenvalue weighted by molar-refractivity contribution is 5.76. The number of carboxylic acid groups (broad SMARTS) is 1. The van der Waals surface area contributed by atoms with Crippen LogP contribution < -0.4 is 5.32 Å². The maximum absolute atomic E-state index is 11.7. The maximum atomic E-state index is 11.7. The first-order valence-corrected chi connectivity index (χ1v) is 6.80. The molecule has 0 unspecified atom stereocenters. The summed E-state index contributed by atoms with van der Waals surface area (Å²) in [6, 6.07) is -0.117. The average molecular weight is 271 g/mol. The molecule has 0 radical (unpaired) electrons. The van der Waals surface area contributed by atoms with Crippen molar-refractivity contribution in [2.75, 3.05) is 0 Å². The Bertz CT molecular complexity index is 359. The van der Waals surface area contributed by atoms with Crippen LogP contribution in [0.4, 0.5) is 4.79 Å². The van der Waals surface area contributed by atoms with Crippen LogP contribution in [-0.4, -0.2) is 28.8 Å². The summed E-state index contributed by atoms with van der Waals surface area (Å²) in [5, 5.41) is 12.2. The minimum Gasteiger partial charge on any atom is -0.481 e. The van der Waals surface area contributed by atoms with E-state index in [-0.39, 0.29) is 12.0 Å². The van der Waals surface area contributed by atoms with Crippen LogP contribution in [0.1, 0.15) is 53.9 Å². The van der Waals surface area contributed by atoms with E-state index in [4.69, 9.17) is 4.74 Å². The first-order chi connectivity index (χ1) is 8.57. The number of hydrogen-bond acceptors (Lipinski definition) is 3. The third-order valence-electron chi connectivity index (χ3n) is 3.80. The van der Waals surface area contributed by atoms with Crippen molar-refractivity contribution in [3.63, 3.8) is 0 Å². The number of ether oxygens (including phenoxy) is 1. The van der Waals surface area contributed by atoms with Crippen molar-refractivity contribution in [2.24, 2.45) is 11.3 Å². The molecule has 1 aliphatic rings. The molecule has 2 atom stereocenters. The van der Waals surface area contributed by atoms with Gasteiger partial charge in [-0.1, -0.05) is 13.8 Å². The fourth-order valence-electron chi connectivity index (χ4n) is 2.64. The summed E-state index contributed by atoms with van der Waals surface area (Å²) >= 11 is 0. The second-order valence-corrected chi connectivity index (χ2v) is 6.70. The fraction of sp³-hybridized carbons (Fsp3) is 0.857. The standard InChI is InChI=1S/C14H25NO4/c1-9(2)14(11(16)17)7-6-10(8-14)15-12(18)19-13(3,4)5/h9-10H,6-8H2,1-5H3,(H,15,18)(H,16,17)/t10-,14-/m1/s1. The van der Waals surface area contributed by atoms with Gasteiger partial charge < -0.3 is 15.2 Å². The number of alkyl carbamates (subject to hydrolysis) is 1. The van der Waals surface area contributed by atoms with E-state index in [9.17, 15) is 14.7 Å². The van der Waals surface area contributed by atoms with E-state index in [1.54, 1.807) is 20.8 Å². The van der Waals surface area contributed by atoms with Gasteiger partial charge in [-0.15, -0.1) is 0 Å². The summed E-state index contributed by atoms with van der Waals surface area (Å²) in [5.41, 5.74) is -1.26. The SMILES string of the molecule is CC(C)[C@@]1(C(=O)O)CC[C@@H](NC(=O)OC(C)(C)C)C1. The topological polar surface area (TPSA) is 75.6 Å². The molecule has 1 amide bonds. The zero-order chi connectivity index (χ0) is 14.8. The lowest BCUT2D eigenvalue weighted by molar-refractivity contribution is -0.151. The van der Waals surface area contributed by atoms with Crippen molar-refractivity contribution >= 4 is 12.1 Å². The molecule has 0 saturated heterocycles. The van der Waals surface area contributed by atoms with Gasteiger partial charge in [-0.2, -0.15) is 0 Å². The van der Waals surface area contributed by atoms with E-state index >= 15 is 0 Å². The highest BCUT2D eigenvalue weighted by Crippen LogP contribution is 2.44. The zero-order valence-corrected chi connectivity index (χ0v) is 12.4. The second kappa shape index (κ2) is 5.39. The highest BCUT2D eigenvalue weighted by Gasteiger charge is 2.48. The largest absolute Gasteiger partial charge is 0.481 e. The van der Waals surface area contributed by atoms with E-state index in [2.05, 4.69) is 5.32 Å². The summed E-state index contributed by atoms with van der Waals surface area (Å²) in [6.45, 7) is 9.25. The van der Waals surface area contributed by atoms with E-state index < -0.39 is 23.1 Å². The number of rotatable bonds is 3. The van der Waals surface area contributed by atoms with Gasteiger partial charge in [0.15, 0.2) is 0 Å². The normalized spacial score (nSPS) is 27.4. The molecule has 0 aromatic heterocycles. The van der Waals surface area contributed by atoms with Gasteiger partial charge >= 0.3 is 12.1 Å². The second-order valence-electron chi connectivity index (χ2n) is 6.70. The van der Waals surface area contributed by atoms with Gasteiger partial charge in [-0.3, -0.25) is 4.79 Å². The van der Waals surface area contributed by atoms with Crippen molar-refractivity contribution in [1.82, 2.24) is 5.32 Å². The summed E-state index contributed by atoms with van der Waals surface area (Å²) < 4.78 is 5.19. The Morgan fingerprint density at radius 1 is 1.37 bits per heavy atom. The summed E-state index contributed by atoms with van der Waals surface area (Å²) in [5.74, 6) is -0.716. The van der Waals surface area contributed by atoms with Crippen LogP contribution in [-0.2, 0) is 9.53 Å². The molecule has 1 saturated carbocycles. The highest BCUT2D eigenvalue weighted by atomic mass is 16.6. The van der Waals surface area contributed by atoms with Crippen molar-refractivity contribution in [2.45, 2.75) is 65.5 Å².